The summed E-state index contributed by atoms with van der Waals surface area (Å²) in [5.74, 6) is -1.14. The molecular formula is C13H10ClN3O4. The maximum absolute atomic E-state index is 11.1. The number of carbonyl (C=O) groups is 1. The Bertz CT molecular complexity index is 733. The molecule has 2 aromatic rings. The standard InChI is InChI=1S/C13H10ClN3O4/c1-7-4-5-15-12(11(7)17(20)21)16-8-2-3-10(14)9(6-8)13(18)19/h2-6H,1H3,(H,15,16)(H,18,19). The van der Waals surface area contributed by atoms with Crippen LogP contribution in [0.1, 0.15) is 15.9 Å². The molecule has 0 saturated heterocycles. The molecule has 0 atom stereocenters. The Morgan fingerprint density at radius 2 is 2.14 bits per heavy atom. The Morgan fingerprint density at radius 1 is 1.43 bits per heavy atom. The van der Waals surface area contributed by atoms with Gasteiger partial charge in [0.05, 0.1) is 15.5 Å². The monoisotopic (exact) mass is 307 g/mol. The molecule has 2 rings (SSSR count). The van der Waals surface area contributed by atoms with Crippen molar-refractivity contribution in [3.63, 3.8) is 0 Å². The van der Waals surface area contributed by atoms with Crippen molar-refractivity contribution in [1.29, 1.82) is 0 Å². The molecule has 2 N–H and O–H groups in total. The number of carboxylic acid groups (broad SMARTS) is 1. The van der Waals surface area contributed by atoms with Crippen LogP contribution < -0.4 is 5.32 Å². The number of aryl methyl sites for hydroxylation is 1. The first-order valence-corrected chi connectivity index (χ1v) is 6.18. The second-order valence-corrected chi connectivity index (χ2v) is 4.61. The van der Waals surface area contributed by atoms with E-state index in [9.17, 15) is 14.9 Å². The molecule has 0 radical (unpaired) electrons. The summed E-state index contributed by atoms with van der Waals surface area (Å²) in [6, 6.07) is 5.73. The summed E-state index contributed by atoms with van der Waals surface area (Å²) in [7, 11) is 0. The van der Waals surface area contributed by atoms with Gasteiger partial charge in [0.15, 0.2) is 0 Å². The Kier molecular flexibility index (Phi) is 4.04. The maximum Gasteiger partial charge on any atom is 0.337 e. The smallest absolute Gasteiger partial charge is 0.337 e. The first kappa shape index (κ1) is 14.7. The molecule has 0 saturated carbocycles. The quantitative estimate of drug-likeness (QED) is 0.662. The third-order valence-electron chi connectivity index (χ3n) is 2.77. The highest BCUT2D eigenvalue weighted by atomic mass is 35.5. The number of pyridine rings is 1. The van der Waals surface area contributed by atoms with Gasteiger partial charge in [0.25, 0.3) is 0 Å². The van der Waals surface area contributed by atoms with E-state index in [4.69, 9.17) is 16.7 Å². The molecule has 108 valence electrons. The zero-order chi connectivity index (χ0) is 15.6. The van der Waals surface area contributed by atoms with Gasteiger partial charge in [-0.25, -0.2) is 9.78 Å². The molecule has 0 unspecified atom stereocenters. The number of benzene rings is 1. The van der Waals surface area contributed by atoms with E-state index in [1.807, 2.05) is 0 Å². The molecule has 0 fully saturated rings. The first-order chi connectivity index (χ1) is 9.90. The van der Waals surface area contributed by atoms with Gasteiger partial charge in [-0.2, -0.15) is 0 Å². The summed E-state index contributed by atoms with van der Waals surface area (Å²) < 4.78 is 0. The van der Waals surface area contributed by atoms with Crippen molar-refractivity contribution < 1.29 is 14.8 Å². The number of nitrogens with zero attached hydrogens (tertiary/aromatic N) is 2. The van der Waals surface area contributed by atoms with Crippen molar-refractivity contribution in [3.8, 4) is 0 Å². The van der Waals surface area contributed by atoms with Crippen molar-refractivity contribution in [2.45, 2.75) is 6.92 Å². The SMILES string of the molecule is Cc1ccnc(Nc2ccc(Cl)c(C(=O)O)c2)c1[N+](=O)[O-]. The van der Waals surface area contributed by atoms with Crippen LogP contribution in [0.2, 0.25) is 5.02 Å². The third kappa shape index (κ3) is 3.09. The molecule has 0 spiro atoms. The van der Waals surface area contributed by atoms with Gasteiger partial charge in [-0.05, 0) is 31.2 Å². The van der Waals surface area contributed by atoms with Crippen molar-refractivity contribution >= 4 is 34.8 Å². The average Bonchev–Trinajstić information content (AvgIpc) is 2.40. The highest BCUT2D eigenvalue weighted by Gasteiger charge is 2.19. The van der Waals surface area contributed by atoms with E-state index < -0.39 is 10.9 Å². The molecule has 0 aliphatic carbocycles. The minimum atomic E-state index is -1.18. The lowest BCUT2D eigenvalue weighted by atomic mass is 10.2. The predicted molar refractivity (Wildman–Crippen MR) is 77.3 cm³/mol. The fourth-order valence-electron chi connectivity index (χ4n) is 1.78. The minimum Gasteiger partial charge on any atom is -0.478 e. The van der Waals surface area contributed by atoms with E-state index in [1.165, 1.54) is 30.5 Å². The van der Waals surface area contributed by atoms with Crippen LogP contribution in [0.15, 0.2) is 30.5 Å². The molecule has 1 aromatic carbocycles. The van der Waals surface area contributed by atoms with Gasteiger partial charge in [-0.3, -0.25) is 10.1 Å². The highest BCUT2D eigenvalue weighted by molar-refractivity contribution is 6.33. The zero-order valence-electron chi connectivity index (χ0n) is 10.8. The zero-order valence-corrected chi connectivity index (χ0v) is 11.6. The Hall–Kier alpha value is -2.67. The van der Waals surface area contributed by atoms with E-state index in [2.05, 4.69) is 10.3 Å². The van der Waals surface area contributed by atoms with E-state index in [1.54, 1.807) is 6.92 Å². The van der Waals surface area contributed by atoms with Gasteiger partial charge in [0, 0.05) is 17.4 Å². The van der Waals surface area contributed by atoms with Crippen LogP contribution in [0.4, 0.5) is 17.2 Å². The molecule has 0 amide bonds. The van der Waals surface area contributed by atoms with Gasteiger partial charge in [0.1, 0.15) is 0 Å². The van der Waals surface area contributed by atoms with Gasteiger partial charge in [-0.15, -0.1) is 0 Å². The van der Waals surface area contributed by atoms with Crippen molar-refractivity contribution in [2.24, 2.45) is 0 Å². The number of carboxylic acids is 1. The summed E-state index contributed by atoms with van der Waals surface area (Å²) in [6.45, 7) is 1.59. The van der Waals surface area contributed by atoms with E-state index in [0.29, 0.717) is 11.3 Å². The first-order valence-electron chi connectivity index (χ1n) is 5.80. The van der Waals surface area contributed by atoms with Crippen LogP contribution >= 0.6 is 11.6 Å². The molecular weight excluding hydrogens is 298 g/mol. The molecule has 0 aliphatic rings. The molecule has 1 aromatic heterocycles. The van der Waals surface area contributed by atoms with Crippen LogP contribution in [0.25, 0.3) is 0 Å². The predicted octanol–water partition coefficient (Wildman–Crippen LogP) is 3.39. The van der Waals surface area contributed by atoms with Gasteiger partial charge in [0.2, 0.25) is 5.82 Å². The fraction of sp³-hybridized carbons (Fsp3) is 0.0769. The van der Waals surface area contributed by atoms with Crippen LogP contribution in [0.3, 0.4) is 0 Å². The third-order valence-corrected chi connectivity index (χ3v) is 3.10. The van der Waals surface area contributed by atoms with Crippen molar-refractivity contribution in [3.05, 3.63) is 56.7 Å². The van der Waals surface area contributed by atoms with Crippen LogP contribution in [0, 0.1) is 17.0 Å². The topological polar surface area (TPSA) is 105 Å². The Labute approximate surface area is 124 Å². The van der Waals surface area contributed by atoms with Crippen LogP contribution in [-0.4, -0.2) is 21.0 Å². The van der Waals surface area contributed by atoms with E-state index in [-0.39, 0.29) is 22.1 Å². The summed E-state index contributed by atoms with van der Waals surface area (Å²) in [6.07, 6.45) is 1.43. The Morgan fingerprint density at radius 3 is 2.76 bits per heavy atom. The summed E-state index contributed by atoms with van der Waals surface area (Å²) in [5, 5.41) is 22.9. The number of anilines is 2. The largest absolute Gasteiger partial charge is 0.478 e. The number of hydrogen-bond donors (Lipinski definition) is 2. The lowest BCUT2D eigenvalue weighted by Gasteiger charge is -2.08. The second kappa shape index (κ2) is 5.76. The lowest BCUT2D eigenvalue weighted by molar-refractivity contribution is -0.384. The number of aromatic carboxylic acids is 1. The molecule has 7 nitrogen and oxygen atoms in total. The molecule has 0 bridgehead atoms. The minimum absolute atomic E-state index is 0.0404. The number of rotatable bonds is 4. The van der Waals surface area contributed by atoms with Gasteiger partial charge >= 0.3 is 11.7 Å². The van der Waals surface area contributed by atoms with Crippen LogP contribution in [-0.2, 0) is 0 Å². The van der Waals surface area contributed by atoms with Gasteiger partial charge < -0.3 is 10.4 Å². The number of hydrogen-bond acceptors (Lipinski definition) is 5. The lowest BCUT2D eigenvalue weighted by Crippen LogP contribution is -2.03. The molecule has 21 heavy (non-hydrogen) atoms. The Balaban J connectivity index is 2.44. The van der Waals surface area contributed by atoms with Crippen LogP contribution in [0.5, 0.6) is 0 Å². The molecule has 8 heteroatoms. The summed E-state index contributed by atoms with van der Waals surface area (Å²) >= 11 is 5.77. The average molecular weight is 308 g/mol. The number of aromatic nitrogens is 1. The number of nitro groups is 1. The molecule has 0 aliphatic heterocycles. The maximum atomic E-state index is 11.1. The van der Waals surface area contributed by atoms with E-state index in [0.717, 1.165) is 0 Å². The number of halogens is 1. The van der Waals surface area contributed by atoms with Crippen molar-refractivity contribution in [2.75, 3.05) is 5.32 Å². The fourth-order valence-corrected chi connectivity index (χ4v) is 1.97. The van der Waals surface area contributed by atoms with Crippen molar-refractivity contribution in [1.82, 2.24) is 4.98 Å². The summed E-state index contributed by atoms with van der Waals surface area (Å²) in [5.41, 5.74) is 0.532. The highest BCUT2D eigenvalue weighted by Crippen LogP contribution is 2.29. The number of nitrogens with one attached hydrogen (secondary N) is 1. The van der Waals surface area contributed by atoms with Gasteiger partial charge in [-0.1, -0.05) is 11.6 Å². The second-order valence-electron chi connectivity index (χ2n) is 4.21. The normalized spacial score (nSPS) is 10.2. The van der Waals surface area contributed by atoms with E-state index >= 15 is 0 Å². The molecule has 1 heterocycles. The summed E-state index contributed by atoms with van der Waals surface area (Å²) in [4.78, 5) is 25.5.